The molecule has 2 aromatic carbocycles. The maximum atomic E-state index is 12.8. The van der Waals surface area contributed by atoms with Crippen molar-refractivity contribution >= 4 is 40.0 Å². The van der Waals surface area contributed by atoms with Gasteiger partial charge in [0.2, 0.25) is 5.91 Å². The number of fused-ring (bicyclic) bond motifs is 1. The number of amides is 2. The van der Waals surface area contributed by atoms with Crippen LogP contribution in [-0.2, 0) is 11.2 Å². The van der Waals surface area contributed by atoms with Crippen LogP contribution in [0.3, 0.4) is 0 Å². The fraction of sp³-hybridized carbons (Fsp3) is 0.292. The molecule has 1 aliphatic rings. The minimum absolute atomic E-state index is 0.0194. The molecule has 0 saturated carbocycles. The van der Waals surface area contributed by atoms with Crippen molar-refractivity contribution in [3.63, 3.8) is 0 Å². The summed E-state index contributed by atoms with van der Waals surface area (Å²) in [6.45, 7) is 2.75. The zero-order valence-corrected chi connectivity index (χ0v) is 17.9. The van der Waals surface area contributed by atoms with Crippen LogP contribution in [0, 0.1) is 5.92 Å². The molecule has 3 N–H and O–H groups in total. The van der Waals surface area contributed by atoms with Crippen molar-refractivity contribution in [1.82, 2.24) is 9.88 Å². The maximum Gasteiger partial charge on any atom is 0.257 e. The Kier molecular flexibility index (Phi) is 6.49. The summed E-state index contributed by atoms with van der Waals surface area (Å²) in [5, 5.41) is 4.26. The van der Waals surface area contributed by atoms with Crippen molar-refractivity contribution < 1.29 is 9.59 Å². The molecule has 1 fully saturated rings. The number of likely N-dealkylation sites (tertiary alicyclic amines) is 1. The molecule has 31 heavy (non-hydrogen) atoms. The van der Waals surface area contributed by atoms with Gasteiger partial charge in [-0.15, -0.1) is 0 Å². The number of hydrogen-bond donors (Lipinski definition) is 2. The monoisotopic (exact) mass is 436 g/mol. The van der Waals surface area contributed by atoms with Crippen molar-refractivity contribution in [3.8, 4) is 0 Å². The first-order valence-electron chi connectivity index (χ1n) is 10.5. The second kappa shape index (κ2) is 9.45. The van der Waals surface area contributed by atoms with Gasteiger partial charge in [-0.1, -0.05) is 29.8 Å². The molecular weight excluding hydrogens is 412 g/mol. The number of benzene rings is 2. The van der Waals surface area contributed by atoms with Crippen LogP contribution in [0.25, 0.3) is 10.9 Å². The van der Waals surface area contributed by atoms with Gasteiger partial charge in [0.25, 0.3) is 5.91 Å². The Balaban J connectivity index is 1.35. The van der Waals surface area contributed by atoms with E-state index < -0.39 is 0 Å². The molecule has 0 radical (unpaired) electrons. The van der Waals surface area contributed by atoms with Crippen molar-refractivity contribution in [2.24, 2.45) is 11.7 Å². The van der Waals surface area contributed by atoms with Crippen molar-refractivity contribution in [2.45, 2.75) is 19.3 Å². The molecule has 2 heterocycles. The number of primary amides is 1. The highest BCUT2D eigenvalue weighted by Crippen LogP contribution is 2.23. The minimum Gasteiger partial charge on any atom is -0.369 e. The Bertz CT molecular complexity index is 1090. The normalized spacial score (nSPS) is 15.1. The van der Waals surface area contributed by atoms with E-state index in [4.69, 9.17) is 17.3 Å². The van der Waals surface area contributed by atoms with E-state index >= 15 is 0 Å². The Morgan fingerprint density at radius 1 is 1.13 bits per heavy atom. The summed E-state index contributed by atoms with van der Waals surface area (Å²) in [7, 11) is 0. The summed E-state index contributed by atoms with van der Waals surface area (Å²) in [6.07, 6.45) is 4.26. The smallest absolute Gasteiger partial charge is 0.257 e. The van der Waals surface area contributed by atoms with Crippen LogP contribution in [0.4, 0.5) is 5.69 Å². The van der Waals surface area contributed by atoms with Crippen LogP contribution in [0.5, 0.6) is 0 Å². The summed E-state index contributed by atoms with van der Waals surface area (Å²) in [5.41, 5.74) is 8.40. The zero-order valence-electron chi connectivity index (χ0n) is 17.2. The van der Waals surface area contributed by atoms with Crippen LogP contribution in [-0.4, -0.2) is 41.3 Å². The third-order valence-electron chi connectivity index (χ3n) is 5.83. The molecule has 3 aromatic rings. The number of rotatable bonds is 6. The topological polar surface area (TPSA) is 88.3 Å². The Morgan fingerprint density at radius 2 is 1.87 bits per heavy atom. The molecule has 0 spiro atoms. The summed E-state index contributed by atoms with van der Waals surface area (Å²) in [6, 6.07) is 15.0. The summed E-state index contributed by atoms with van der Waals surface area (Å²) < 4.78 is 0. The van der Waals surface area contributed by atoms with Crippen LogP contribution >= 0.6 is 11.6 Å². The second-order valence-corrected chi connectivity index (χ2v) is 8.38. The quantitative estimate of drug-likeness (QED) is 0.613. The van der Waals surface area contributed by atoms with Gasteiger partial charge in [0.15, 0.2) is 0 Å². The molecule has 0 bridgehead atoms. The van der Waals surface area contributed by atoms with Gasteiger partial charge in [0.1, 0.15) is 0 Å². The summed E-state index contributed by atoms with van der Waals surface area (Å²) in [4.78, 5) is 30.8. The maximum absolute atomic E-state index is 12.8. The molecule has 2 amide bonds. The van der Waals surface area contributed by atoms with Crippen LogP contribution in [0.15, 0.2) is 54.7 Å². The first-order valence-corrected chi connectivity index (χ1v) is 10.8. The number of piperidine rings is 1. The fourth-order valence-corrected chi connectivity index (χ4v) is 4.24. The molecule has 0 atom stereocenters. The van der Waals surface area contributed by atoms with Crippen LogP contribution in [0.1, 0.15) is 28.8 Å². The number of halogens is 1. The van der Waals surface area contributed by atoms with E-state index in [1.807, 2.05) is 36.4 Å². The van der Waals surface area contributed by atoms with Gasteiger partial charge >= 0.3 is 0 Å². The third-order valence-corrected chi connectivity index (χ3v) is 6.05. The summed E-state index contributed by atoms with van der Waals surface area (Å²) in [5.74, 6) is -0.402. The van der Waals surface area contributed by atoms with Gasteiger partial charge in [0.05, 0.1) is 11.1 Å². The number of carbonyl (C=O) groups excluding carboxylic acids is 2. The number of carbonyl (C=O) groups is 2. The van der Waals surface area contributed by atoms with Crippen molar-refractivity contribution in [1.29, 1.82) is 0 Å². The van der Waals surface area contributed by atoms with E-state index in [0.717, 1.165) is 50.0 Å². The fourth-order valence-electron chi connectivity index (χ4n) is 4.01. The Hall–Kier alpha value is -2.96. The molecule has 0 unspecified atom stereocenters. The molecule has 1 saturated heterocycles. The highest BCUT2D eigenvalue weighted by Gasteiger charge is 2.22. The first kappa shape index (κ1) is 21.3. The van der Waals surface area contributed by atoms with E-state index in [-0.39, 0.29) is 17.7 Å². The number of anilines is 1. The molecular formula is C24H25ClN4O2. The Morgan fingerprint density at radius 3 is 2.58 bits per heavy atom. The zero-order chi connectivity index (χ0) is 21.8. The van der Waals surface area contributed by atoms with Crippen molar-refractivity contribution in [3.05, 3.63) is 70.9 Å². The van der Waals surface area contributed by atoms with Gasteiger partial charge in [-0.2, -0.15) is 0 Å². The van der Waals surface area contributed by atoms with E-state index in [1.165, 1.54) is 5.56 Å². The van der Waals surface area contributed by atoms with Crippen molar-refractivity contribution in [2.75, 3.05) is 25.0 Å². The highest BCUT2D eigenvalue weighted by atomic mass is 35.5. The lowest BCUT2D eigenvalue weighted by molar-refractivity contribution is -0.123. The molecule has 1 aromatic heterocycles. The first-order chi connectivity index (χ1) is 15.0. The van der Waals surface area contributed by atoms with Gasteiger partial charge in [0, 0.05) is 34.8 Å². The van der Waals surface area contributed by atoms with Crippen LogP contribution in [0.2, 0.25) is 5.02 Å². The molecule has 7 heteroatoms. The lowest BCUT2D eigenvalue weighted by Crippen LogP contribution is -2.39. The van der Waals surface area contributed by atoms with E-state index in [9.17, 15) is 9.59 Å². The summed E-state index contributed by atoms with van der Waals surface area (Å²) >= 11 is 6.18. The van der Waals surface area contributed by atoms with Gasteiger partial charge < -0.3 is 16.0 Å². The third kappa shape index (κ3) is 5.21. The minimum atomic E-state index is -0.240. The van der Waals surface area contributed by atoms with E-state index in [0.29, 0.717) is 16.1 Å². The molecule has 160 valence electrons. The van der Waals surface area contributed by atoms with Gasteiger partial charge in [-0.05, 0) is 68.2 Å². The van der Waals surface area contributed by atoms with E-state index in [1.54, 1.807) is 18.3 Å². The highest BCUT2D eigenvalue weighted by molar-refractivity contribution is 6.32. The lowest BCUT2D eigenvalue weighted by atomic mass is 9.96. The predicted octanol–water partition coefficient (Wildman–Crippen LogP) is 3.88. The second-order valence-electron chi connectivity index (χ2n) is 7.95. The predicted molar refractivity (Wildman–Crippen MR) is 123 cm³/mol. The SMILES string of the molecule is NC(=O)C1CCN(CCc2ccc(NC(=O)c3cc(Cl)cc4cccnc34)cc2)CC1. The van der Waals surface area contributed by atoms with Crippen LogP contribution < -0.4 is 11.1 Å². The molecule has 0 aliphatic carbocycles. The number of nitrogens with zero attached hydrogens (tertiary/aromatic N) is 2. The Labute approximate surface area is 186 Å². The lowest BCUT2D eigenvalue weighted by Gasteiger charge is -2.30. The van der Waals surface area contributed by atoms with E-state index in [2.05, 4.69) is 15.2 Å². The van der Waals surface area contributed by atoms with Gasteiger partial charge in [-0.25, -0.2) is 0 Å². The molecule has 4 rings (SSSR count). The average molecular weight is 437 g/mol. The molecule has 6 nitrogen and oxygen atoms in total. The van der Waals surface area contributed by atoms with Gasteiger partial charge in [-0.3, -0.25) is 14.6 Å². The number of hydrogen-bond acceptors (Lipinski definition) is 4. The molecule has 1 aliphatic heterocycles. The number of nitrogens with one attached hydrogen (secondary N) is 1. The number of pyridine rings is 1. The number of aromatic nitrogens is 1. The average Bonchev–Trinajstić information content (AvgIpc) is 2.78. The number of nitrogens with two attached hydrogens (primary N) is 1. The largest absolute Gasteiger partial charge is 0.369 e. The standard InChI is InChI=1S/C24H25ClN4O2/c25-19-14-18-2-1-10-27-22(18)21(15-19)24(31)28-20-5-3-16(4-6-20)7-11-29-12-8-17(9-13-29)23(26)30/h1-6,10,14-15,17H,7-9,11-13H2,(H2,26,30)(H,28,31).